The van der Waals surface area contributed by atoms with Crippen LogP contribution in [0, 0.1) is 5.92 Å². The molecular formula is C36H33NO2. The van der Waals surface area contributed by atoms with Gasteiger partial charge in [-0.15, -0.1) is 0 Å². The highest BCUT2D eigenvalue weighted by molar-refractivity contribution is 6.10. The fraction of sp³-hybridized carbons (Fsp3) is 0.194. The molecule has 1 spiro atoms. The Balaban J connectivity index is 1.67. The van der Waals surface area contributed by atoms with Gasteiger partial charge in [0.2, 0.25) is 0 Å². The fourth-order valence-corrected chi connectivity index (χ4v) is 6.75. The molecule has 1 aliphatic heterocycles. The number of likely N-dealkylation sites (N-methyl/N-ethyl adjacent to an activating group) is 1. The highest BCUT2D eigenvalue weighted by Crippen LogP contribution is 2.60. The third kappa shape index (κ3) is 3.76. The molecular weight excluding hydrogens is 478 g/mol. The maximum absolute atomic E-state index is 14.8. The van der Waals surface area contributed by atoms with E-state index in [9.17, 15) is 4.79 Å². The van der Waals surface area contributed by atoms with Gasteiger partial charge in [-0.25, -0.2) is 0 Å². The maximum atomic E-state index is 14.8. The Bertz CT molecular complexity index is 1580. The van der Waals surface area contributed by atoms with E-state index in [1.54, 1.807) is 7.11 Å². The van der Waals surface area contributed by atoms with Crippen LogP contribution in [0.3, 0.4) is 0 Å². The van der Waals surface area contributed by atoms with Crippen LogP contribution in [-0.4, -0.2) is 25.5 Å². The number of ketones is 1. The van der Waals surface area contributed by atoms with Crippen molar-refractivity contribution in [1.29, 1.82) is 0 Å². The maximum Gasteiger partial charge on any atom is 0.173 e. The van der Waals surface area contributed by atoms with E-state index in [0.29, 0.717) is 0 Å². The Kier molecular flexibility index (Phi) is 6.03. The lowest BCUT2D eigenvalue weighted by atomic mass is 9.57. The molecule has 4 aromatic carbocycles. The van der Waals surface area contributed by atoms with Crippen molar-refractivity contribution in [2.24, 2.45) is 5.92 Å². The summed E-state index contributed by atoms with van der Waals surface area (Å²) < 4.78 is 5.47. The summed E-state index contributed by atoms with van der Waals surface area (Å²) in [4.78, 5) is 17.1. The standard InChI is InChI=1S/C36H33NO2/c1-35(2)31-17-11-12-18-32(31)37(3)36(35)24-28(25-13-7-5-8-14-25)23-30(26-19-21-29(39-4)22-20-26)33(36)34(38)27-15-9-6-10-16-27/h5-24,33H,1-4H3/t33-,36-/m0/s1. The lowest BCUT2D eigenvalue weighted by molar-refractivity contribution is 0.0885. The number of carbonyl (C=O) groups is 1. The largest absolute Gasteiger partial charge is 0.497 e. The van der Waals surface area contributed by atoms with E-state index in [0.717, 1.165) is 39.3 Å². The normalized spacial score (nSPS) is 21.2. The van der Waals surface area contributed by atoms with Gasteiger partial charge in [0, 0.05) is 23.7 Å². The summed E-state index contributed by atoms with van der Waals surface area (Å²) in [6.45, 7) is 4.58. The zero-order valence-electron chi connectivity index (χ0n) is 22.9. The number of ether oxygens (including phenoxy) is 1. The molecule has 0 bridgehead atoms. The van der Waals surface area contributed by atoms with Gasteiger partial charge < -0.3 is 9.64 Å². The molecule has 4 aromatic rings. The molecule has 2 aliphatic rings. The first kappa shape index (κ1) is 24.9. The lowest BCUT2D eigenvalue weighted by Gasteiger charge is -2.52. The molecule has 0 unspecified atom stereocenters. The Morgan fingerprint density at radius 1 is 0.769 bits per heavy atom. The molecule has 0 aromatic heterocycles. The average Bonchev–Trinajstić information content (AvgIpc) is 3.15. The first-order valence-electron chi connectivity index (χ1n) is 13.5. The van der Waals surface area contributed by atoms with Crippen LogP contribution in [-0.2, 0) is 5.41 Å². The van der Waals surface area contributed by atoms with Gasteiger partial charge in [0.1, 0.15) is 5.75 Å². The SMILES string of the molecule is COc1ccc(C2=CC(c3ccccc3)=C[C@@]3([C@@H]2C(=O)c2ccccc2)N(C)c2ccccc2C3(C)C)cc1. The van der Waals surface area contributed by atoms with Crippen molar-refractivity contribution in [3.05, 3.63) is 144 Å². The Morgan fingerprint density at radius 2 is 1.38 bits per heavy atom. The molecule has 0 N–H and O–H groups in total. The van der Waals surface area contributed by atoms with Gasteiger partial charge in [0.25, 0.3) is 0 Å². The first-order chi connectivity index (χ1) is 18.9. The predicted octanol–water partition coefficient (Wildman–Crippen LogP) is 7.84. The molecule has 2 atom stereocenters. The lowest BCUT2D eigenvalue weighted by Crippen LogP contribution is -2.61. The molecule has 6 rings (SSSR count). The van der Waals surface area contributed by atoms with E-state index < -0.39 is 11.5 Å². The van der Waals surface area contributed by atoms with Crippen molar-refractivity contribution >= 4 is 22.6 Å². The van der Waals surface area contributed by atoms with Crippen LogP contribution in [0.5, 0.6) is 5.75 Å². The summed E-state index contributed by atoms with van der Waals surface area (Å²) in [5.74, 6) is 0.460. The number of para-hydroxylation sites is 1. The Labute approximate surface area is 231 Å². The third-order valence-electron chi connectivity index (χ3n) is 8.78. The van der Waals surface area contributed by atoms with Crippen molar-refractivity contribution in [1.82, 2.24) is 0 Å². The van der Waals surface area contributed by atoms with Crippen LogP contribution < -0.4 is 9.64 Å². The summed E-state index contributed by atoms with van der Waals surface area (Å²) in [5.41, 5.74) is 6.38. The zero-order valence-corrected chi connectivity index (χ0v) is 22.9. The molecule has 0 amide bonds. The Morgan fingerprint density at radius 3 is 2.03 bits per heavy atom. The van der Waals surface area contributed by atoms with E-state index in [4.69, 9.17) is 4.74 Å². The number of Topliss-reactive ketones (excluding diaryl/α,β-unsaturated/α-hetero) is 1. The minimum Gasteiger partial charge on any atom is -0.497 e. The monoisotopic (exact) mass is 511 g/mol. The summed E-state index contributed by atoms with van der Waals surface area (Å²) in [6, 6.07) is 36.9. The topological polar surface area (TPSA) is 29.5 Å². The molecule has 194 valence electrons. The van der Waals surface area contributed by atoms with Crippen LogP contribution in [0.15, 0.2) is 121 Å². The van der Waals surface area contributed by atoms with E-state index in [-0.39, 0.29) is 11.2 Å². The van der Waals surface area contributed by atoms with Gasteiger partial charge in [-0.2, -0.15) is 0 Å². The summed E-state index contributed by atoms with van der Waals surface area (Å²) in [7, 11) is 3.82. The van der Waals surface area contributed by atoms with Crippen molar-refractivity contribution in [2.45, 2.75) is 24.8 Å². The quantitative estimate of drug-likeness (QED) is 0.256. The smallest absolute Gasteiger partial charge is 0.173 e. The van der Waals surface area contributed by atoms with E-state index >= 15 is 0 Å². The molecule has 3 nitrogen and oxygen atoms in total. The highest BCUT2D eigenvalue weighted by atomic mass is 16.5. The van der Waals surface area contributed by atoms with Gasteiger partial charge in [-0.05, 0) is 58.2 Å². The molecule has 0 saturated heterocycles. The summed E-state index contributed by atoms with van der Waals surface area (Å²) in [5, 5.41) is 0. The van der Waals surface area contributed by atoms with Gasteiger partial charge in [0.05, 0.1) is 18.6 Å². The molecule has 0 radical (unpaired) electrons. The second-order valence-electron chi connectivity index (χ2n) is 11.0. The van der Waals surface area contributed by atoms with Crippen LogP contribution in [0.25, 0.3) is 11.1 Å². The fourth-order valence-electron chi connectivity index (χ4n) is 6.75. The molecule has 1 heterocycles. The van der Waals surface area contributed by atoms with Gasteiger partial charge in [0.15, 0.2) is 5.78 Å². The summed E-state index contributed by atoms with van der Waals surface area (Å²) in [6.07, 6.45) is 4.58. The first-order valence-corrected chi connectivity index (χ1v) is 13.5. The van der Waals surface area contributed by atoms with Gasteiger partial charge in [-0.3, -0.25) is 4.79 Å². The van der Waals surface area contributed by atoms with Crippen molar-refractivity contribution in [2.75, 3.05) is 19.1 Å². The predicted molar refractivity (Wildman–Crippen MR) is 160 cm³/mol. The second kappa shape index (κ2) is 9.43. The number of carbonyl (C=O) groups excluding carboxylic acids is 1. The number of nitrogens with zero attached hydrogens (tertiary/aromatic N) is 1. The number of hydrogen-bond donors (Lipinski definition) is 0. The van der Waals surface area contributed by atoms with Gasteiger partial charge >= 0.3 is 0 Å². The Hall–Kier alpha value is -4.37. The number of rotatable bonds is 5. The number of hydrogen-bond acceptors (Lipinski definition) is 3. The third-order valence-corrected chi connectivity index (χ3v) is 8.78. The molecule has 3 heteroatoms. The van der Waals surface area contributed by atoms with Gasteiger partial charge in [-0.1, -0.05) is 105 Å². The number of benzene rings is 4. The van der Waals surface area contributed by atoms with Crippen molar-refractivity contribution in [3.63, 3.8) is 0 Å². The number of methoxy groups -OCH3 is 1. The number of anilines is 1. The average molecular weight is 512 g/mol. The highest BCUT2D eigenvalue weighted by Gasteiger charge is 2.62. The van der Waals surface area contributed by atoms with E-state index in [2.05, 4.69) is 98.6 Å². The number of allylic oxidation sites excluding steroid dienone is 2. The zero-order chi connectivity index (χ0) is 27.2. The van der Waals surface area contributed by atoms with E-state index in [1.165, 1.54) is 5.56 Å². The van der Waals surface area contributed by atoms with Crippen molar-refractivity contribution in [3.8, 4) is 5.75 Å². The summed E-state index contributed by atoms with van der Waals surface area (Å²) >= 11 is 0. The second-order valence-corrected chi connectivity index (χ2v) is 11.0. The molecule has 1 aliphatic carbocycles. The van der Waals surface area contributed by atoms with Crippen LogP contribution in [0.4, 0.5) is 5.69 Å². The molecule has 0 saturated carbocycles. The minimum absolute atomic E-state index is 0.119. The van der Waals surface area contributed by atoms with Crippen LogP contribution in [0.1, 0.15) is 40.9 Å². The van der Waals surface area contributed by atoms with Crippen molar-refractivity contribution < 1.29 is 9.53 Å². The van der Waals surface area contributed by atoms with Crippen LogP contribution >= 0.6 is 0 Å². The molecule has 0 fully saturated rings. The number of fused-ring (bicyclic) bond motifs is 1. The minimum atomic E-state index is -0.654. The van der Waals surface area contributed by atoms with E-state index in [1.807, 2.05) is 48.5 Å². The molecule has 39 heavy (non-hydrogen) atoms. The van der Waals surface area contributed by atoms with Crippen LogP contribution in [0.2, 0.25) is 0 Å².